The van der Waals surface area contributed by atoms with Crippen LogP contribution in [0.4, 0.5) is 0 Å². The van der Waals surface area contributed by atoms with Crippen LogP contribution in [0.1, 0.15) is 4.88 Å². The van der Waals surface area contributed by atoms with E-state index in [-0.39, 0.29) is 0 Å². The van der Waals surface area contributed by atoms with E-state index in [0.717, 1.165) is 10.9 Å². The van der Waals surface area contributed by atoms with E-state index >= 15 is 0 Å². The predicted molar refractivity (Wildman–Crippen MR) is 46.4 cm³/mol. The maximum absolute atomic E-state index is 4.12. The van der Waals surface area contributed by atoms with Crippen LogP contribution in [0.15, 0.2) is 22.6 Å². The molecule has 1 N–H and O–H groups in total. The fourth-order valence-corrected chi connectivity index (χ4v) is 2.30. The first-order chi connectivity index (χ1) is 4.97. The Labute approximate surface area is 67.3 Å². The van der Waals surface area contributed by atoms with E-state index in [0.29, 0.717) is 0 Å². The zero-order chi connectivity index (χ0) is 6.81. The van der Waals surface area contributed by atoms with E-state index in [1.807, 2.05) is 6.07 Å². The summed E-state index contributed by atoms with van der Waals surface area (Å²) in [5.74, 6) is 0.910. The smallest absolute Gasteiger partial charge is 0.135 e. The first kappa shape index (κ1) is 6.24. The van der Waals surface area contributed by atoms with Crippen molar-refractivity contribution in [3.05, 3.63) is 22.4 Å². The predicted octanol–water partition coefficient (Wildman–Crippen LogP) is 1.70. The van der Waals surface area contributed by atoms with Crippen LogP contribution in [-0.4, -0.2) is 10.9 Å². The Morgan fingerprint density at radius 2 is 2.60 bits per heavy atom. The Balaban J connectivity index is 2.28. The summed E-state index contributed by atoms with van der Waals surface area (Å²) >= 11 is 3.48. The van der Waals surface area contributed by atoms with E-state index in [9.17, 15) is 0 Å². The summed E-state index contributed by atoms with van der Waals surface area (Å²) in [4.78, 5) is 1.26. The monoisotopic (exact) mass is 170 g/mol. The quantitative estimate of drug-likeness (QED) is 0.693. The van der Waals surface area contributed by atoms with Crippen molar-refractivity contribution in [3.8, 4) is 0 Å². The molecule has 52 valence electrons. The fourth-order valence-electron chi connectivity index (χ4n) is 0.763. The summed E-state index contributed by atoms with van der Waals surface area (Å²) in [6, 6.07) is 4.13. The Morgan fingerprint density at radius 1 is 1.60 bits per heavy atom. The highest BCUT2D eigenvalue weighted by molar-refractivity contribution is 8.14. The molecule has 4 heteroatoms. The van der Waals surface area contributed by atoms with Gasteiger partial charge in [0.25, 0.3) is 0 Å². The van der Waals surface area contributed by atoms with Gasteiger partial charge in [0.2, 0.25) is 0 Å². The van der Waals surface area contributed by atoms with Crippen LogP contribution in [0.2, 0.25) is 0 Å². The maximum Gasteiger partial charge on any atom is 0.135 e. The van der Waals surface area contributed by atoms with Crippen molar-refractivity contribution in [2.24, 2.45) is 5.10 Å². The molecule has 1 aromatic rings. The van der Waals surface area contributed by atoms with Gasteiger partial charge in [-0.15, -0.1) is 11.3 Å². The molecule has 0 spiro atoms. The highest BCUT2D eigenvalue weighted by Gasteiger charge is 2.09. The Bertz CT molecular complexity index is 240. The molecule has 0 atom stereocenters. The number of nitrogens with zero attached hydrogens (tertiary/aromatic N) is 1. The van der Waals surface area contributed by atoms with Crippen molar-refractivity contribution in [1.82, 2.24) is 5.43 Å². The van der Waals surface area contributed by atoms with Gasteiger partial charge in [0.1, 0.15) is 5.04 Å². The molecule has 0 saturated carbocycles. The second-order valence-electron chi connectivity index (χ2n) is 1.84. The molecular weight excluding hydrogens is 164 g/mol. The van der Waals surface area contributed by atoms with E-state index in [1.54, 1.807) is 23.1 Å². The number of nitrogens with one attached hydrogen (secondary N) is 1. The topological polar surface area (TPSA) is 24.4 Å². The molecule has 0 aliphatic carbocycles. The largest absolute Gasteiger partial charge is 0.299 e. The molecule has 1 aromatic heterocycles. The summed E-state index contributed by atoms with van der Waals surface area (Å²) in [6.07, 6.45) is 0. The third-order valence-corrected chi connectivity index (χ3v) is 3.05. The molecule has 0 radical (unpaired) electrons. The molecule has 0 bridgehead atoms. The van der Waals surface area contributed by atoms with E-state index in [4.69, 9.17) is 0 Å². The second-order valence-corrected chi connectivity index (χ2v) is 3.75. The lowest BCUT2D eigenvalue weighted by Gasteiger charge is -1.87. The molecule has 0 amide bonds. The van der Waals surface area contributed by atoms with Crippen LogP contribution in [0.5, 0.6) is 0 Å². The van der Waals surface area contributed by atoms with E-state index in [2.05, 4.69) is 22.0 Å². The van der Waals surface area contributed by atoms with Crippen LogP contribution in [0, 0.1) is 0 Å². The first-order valence-electron chi connectivity index (χ1n) is 2.94. The lowest BCUT2D eigenvalue weighted by Crippen LogP contribution is -1.93. The van der Waals surface area contributed by atoms with Gasteiger partial charge in [0, 0.05) is 0 Å². The SMILES string of the molecule is c1csc(C2=NNCS2)c1. The van der Waals surface area contributed by atoms with Crippen molar-refractivity contribution in [2.75, 3.05) is 5.88 Å². The minimum atomic E-state index is 0.910. The zero-order valence-corrected chi connectivity index (χ0v) is 6.84. The van der Waals surface area contributed by atoms with Crippen LogP contribution in [-0.2, 0) is 0 Å². The van der Waals surface area contributed by atoms with Gasteiger partial charge in [0.05, 0.1) is 10.8 Å². The molecule has 0 aromatic carbocycles. The van der Waals surface area contributed by atoms with Crippen molar-refractivity contribution in [1.29, 1.82) is 0 Å². The van der Waals surface area contributed by atoms with Crippen LogP contribution in [0.25, 0.3) is 0 Å². The normalized spacial score (nSPS) is 16.6. The molecular formula is C6H6N2S2. The van der Waals surface area contributed by atoms with Gasteiger partial charge in [-0.25, -0.2) is 0 Å². The summed E-state index contributed by atoms with van der Waals surface area (Å²) in [7, 11) is 0. The van der Waals surface area contributed by atoms with Crippen LogP contribution >= 0.6 is 23.1 Å². The summed E-state index contributed by atoms with van der Waals surface area (Å²) in [6.45, 7) is 0. The van der Waals surface area contributed by atoms with E-state index in [1.165, 1.54) is 4.88 Å². The maximum atomic E-state index is 4.12. The average Bonchev–Trinajstić information content (AvgIpc) is 2.59. The minimum Gasteiger partial charge on any atom is -0.299 e. The Kier molecular flexibility index (Phi) is 1.65. The van der Waals surface area contributed by atoms with Crippen molar-refractivity contribution in [2.45, 2.75) is 0 Å². The summed E-state index contributed by atoms with van der Waals surface area (Å²) in [5, 5.41) is 7.30. The molecule has 0 fully saturated rings. The number of thiophene rings is 1. The highest BCUT2D eigenvalue weighted by atomic mass is 32.2. The third-order valence-electron chi connectivity index (χ3n) is 1.19. The van der Waals surface area contributed by atoms with Crippen molar-refractivity contribution < 1.29 is 0 Å². The highest BCUT2D eigenvalue weighted by Crippen LogP contribution is 2.20. The van der Waals surface area contributed by atoms with Crippen molar-refractivity contribution in [3.63, 3.8) is 0 Å². The Hall–Kier alpha value is -0.480. The van der Waals surface area contributed by atoms with Gasteiger partial charge in [-0.05, 0) is 11.4 Å². The van der Waals surface area contributed by atoms with Gasteiger partial charge in [-0.3, -0.25) is 5.43 Å². The van der Waals surface area contributed by atoms with Gasteiger partial charge in [-0.2, -0.15) is 5.10 Å². The first-order valence-corrected chi connectivity index (χ1v) is 4.80. The molecule has 2 rings (SSSR count). The van der Waals surface area contributed by atoms with E-state index < -0.39 is 0 Å². The number of thioether (sulfide) groups is 1. The molecule has 0 saturated heterocycles. The molecule has 2 nitrogen and oxygen atoms in total. The van der Waals surface area contributed by atoms with Gasteiger partial charge >= 0.3 is 0 Å². The molecule has 1 aliphatic rings. The standard InChI is InChI=1S/C6H6N2S2/c1-2-5(9-3-1)6-8-7-4-10-6/h1-3,7H,4H2. The number of rotatable bonds is 1. The summed E-state index contributed by atoms with van der Waals surface area (Å²) in [5.41, 5.74) is 2.92. The molecule has 0 unspecified atom stereocenters. The lowest BCUT2D eigenvalue weighted by molar-refractivity contribution is 0.894. The average molecular weight is 170 g/mol. The van der Waals surface area contributed by atoms with Crippen LogP contribution < -0.4 is 5.43 Å². The number of hydrogen-bond acceptors (Lipinski definition) is 4. The number of hydrogen-bond donors (Lipinski definition) is 1. The Morgan fingerprint density at radius 3 is 3.20 bits per heavy atom. The lowest BCUT2D eigenvalue weighted by atomic mass is 10.5. The van der Waals surface area contributed by atoms with Crippen molar-refractivity contribution >= 4 is 28.1 Å². The van der Waals surface area contributed by atoms with Gasteiger partial charge in [-0.1, -0.05) is 17.8 Å². The minimum absolute atomic E-state index is 0.910. The molecule has 10 heavy (non-hydrogen) atoms. The van der Waals surface area contributed by atoms with Gasteiger partial charge in [0.15, 0.2) is 0 Å². The summed E-state index contributed by atoms with van der Waals surface area (Å²) < 4.78 is 0. The molecule has 1 aliphatic heterocycles. The van der Waals surface area contributed by atoms with Gasteiger partial charge < -0.3 is 0 Å². The third kappa shape index (κ3) is 1.04. The van der Waals surface area contributed by atoms with Crippen LogP contribution in [0.3, 0.4) is 0 Å². The number of hydrazone groups is 1. The molecule has 2 heterocycles. The second kappa shape index (κ2) is 2.64. The zero-order valence-electron chi connectivity index (χ0n) is 5.20. The fraction of sp³-hybridized carbons (Fsp3) is 0.167.